The van der Waals surface area contributed by atoms with Crippen LogP contribution in [0.25, 0.3) is 0 Å². The first-order chi connectivity index (χ1) is 15.7. The van der Waals surface area contributed by atoms with E-state index in [4.69, 9.17) is 11.6 Å². The zero-order valence-corrected chi connectivity index (χ0v) is 19.0. The van der Waals surface area contributed by atoms with Gasteiger partial charge in [0, 0.05) is 24.3 Å². The van der Waals surface area contributed by atoms with Crippen molar-refractivity contribution in [3.63, 3.8) is 0 Å². The molecule has 0 aliphatic heterocycles. The predicted octanol–water partition coefficient (Wildman–Crippen LogP) is 5.81. The molecule has 174 valence electrons. The molecule has 0 radical (unpaired) electrons. The minimum Gasteiger partial charge on any atom is -0.358 e. The molecule has 3 rings (SSSR count). The van der Waals surface area contributed by atoms with Crippen LogP contribution in [0, 0.1) is 6.92 Å². The number of pyridine rings is 1. The van der Waals surface area contributed by atoms with Crippen LogP contribution in [-0.2, 0) is 17.4 Å². The first-order valence-electron chi connectivity index (χ1n) is 10.5. The third-order valence-electron chi connectivity index (χ3n) is 5.44. The van der Waals surface area contributed by atoms with Gasteiger partial charge >= 0.3 is 6.18 Å². The molecule has 0 aliphatic rings. The van der Waals surface area contributed by atoms with Gasteiger partial charge in [-0.2, -0.15) is 13.2 Å². The summed E-state index contributed by atoms with van der Waals surface area (Å²) < 4.78 is 38.4. The van der Waals surface area contributed by atoms with Crippen LogP contribution < -0.4 is 10.6 Å². The van der Waals surface area contributed by atoms with Crippen molar-refractivity contribution in [2.24, 2.45) is 0 Å². The Balaban J connectivity index is 1.87. The number of hydrogen-bond donors (Lipinski definition) is 2. The van der Waals surface area contributed by atoms with Gasteiger partial charge in [-0.25, -0.2) is 0 Å². The Labute approximate surface area is 196 Å². The molecule has 0 fully saturated rings. The first kappa shape index (κ1) is 24.7. The van der Waals surface area contributed by atoms with E-state index < -0.39 is 17.9 Å². The maximum atomic E-state index is 12.8. The van der Waals surface area contributed by atoms with Crippen molar-refractivity contribution in [2.75, 3.05) is 7.05 Å². The van der Waals surface area contributed by atoms with Crippen molar-refractivity contribution in [3.05, 3.63) is 99.8 Å². The van der Waals surface area contributed by atoms with E-state index in [-0.39, 0.29) is 11.9 Å². The molecule has 3 aromatic rings. The fraction of sp³-hybridized carbons (Fsp3) is 0.280. The number of nitrogens with zero attached hydrogens (tertiary/aromatic N) is 1. The number of nitrogens with one attached hydrogen (secondary N) is 2. The molecular weight excluding hydrogens is 451 g/mol. The number of alkyl halides is 3. The molecule has 0 unspecified atom stereocenters. The highest BCUT2D eigenvalue weighted by Crippen LogP contribution is 2.29. The molecule has 33 heavy (non-hydrogen) atoms. The van der Waals surface area contributed by atoms with E-state index in [0.717, 1.165) is 22.8 Å². The number of carbonyl (C=O) groups excluding carboxylic acids is 1. The summed E-state index contributed by atoms with van der Waals surface area (Å²) in [4.78, 5) is 16.2. The van der Waals surface area contributed by atoms with E-state index in [2.05, 4.69) is 15.6 Å². The molecule has 2 N–H and O–H groups in total. The number of halogens is 4. The average molecular weight is 476 g/mol. The van der Waals surface area contributed by atoms with E-state index in [9.17, 15) is 18.0 Å². The molecule has 0 saturated carbocycles. The smallest absolute Gasteiger partial charge is 0.358 e. The van der Waals surface area contributed by atoms with Crippen LogP contribution in [-0.4, -0.2) is 17.9 Å². The van der Waals surface area contributed by atoms with Gasteiger partial charge in [-0.05, 0) is 54.2 Å². The largest absolute Gasteiger partial charge is 0.433 e. The van der Waals surface area contributed by atoms with E-state index in [0.29, 0.717) is 23.4 Å². The Morgan fingerprint density at radius 1 is 1.06 bits per heavy atom. The van der Waals surface area contributed by atoms with Crippen LogP contribution >= 0.6 is 11.6 Å². The molecule has 0 bridgehead atoms. The molecule has 4 nitrogen and oxygen atoms in total. The normalized spacial score (nSPS) is 13.4. The molecule has 2 atom stereocenters. The number of rotatable bonds is 8. The van der Waals surface area contributed by atoms with Gasteiger partial charge in [0.15, 0.2) is 0 Å². The molecule has 2 aromatic carbocycles. The number of hydrogen-bond acceptors (Lipinski definition) is 3. The summed E-state index contributed by atoms with van der Waals surface area (Å²) in [5.41, 5.74) is 2.36. The number of benzene rings is 2. The topological polar surface area (TPSA) is 54.0 Å². The fourth-order valence-corrected chi connectivity index (χ4v) is 3.73. The number of carbonyl (C=O) groups is 1. The highest BCUT2D eigenvalue weighted by atomic mass is 35.5. The monoisotopic (exact) mass is 475 g/mol. The molecule has 1 heterocycles. The van der Waals surface area contributed by atoms with Gasteiger partial charge in [0.25, 0.3) is 0 Å². The van der Waals surface area contributed by atoms with Crippen LogP contribution in [0.1, 0.15) is 46.5 Å². The van der Waals surface area contributed by atoms with E-state index in [1.807, 2.05) is 55.5 Å². The molecule has 1 aromatic heterocycles. The van der Waals surface area contributed by atoms with E-state index in [1.54, 1.807) is 7.05 Å². The number of likely N-dealkylation sites (N-methyl/N-ethyl adjacent to an activating group) is 1. The lowest BCUT2D eigenvalue weighted by Gasteiger charge is -2.26. The quantitative estimate of drug-likeness (QED) is 0.432. The van der Waals surface area contributed by atoms with Gasteiger partial charge in [0.05, 0.1) is 0 Å². The predicted molar refractivity (Wildman–Crippen MR) is 123 cm³/mol. The second-order valence-electron chi connectivity index (χ2n) is 7.77. The molecule has 0 spiro atoms. The van der Waals surface area contributed by atoms with Gasteiger partial charge in [0.1, 0.15) is 11.7 Å². The summed E-state index contributed by atoms with van der Waals surface area (Å²) in [7, 11) is 1.57. The summed E-state index contributed by atoms with van der Waals surface area (Å²) >= 11 is 6.35. The van der Waals surface area contributed by atoms with Crippen LogP contribution in [0.3, 0.4) is 0 Å². The minimum atomic E-state index is -4.47. The highest BCUT2D eigenvalue weighted by Gasteiger charge is 2.32. The summed E-state index contributed by atoms with van der Waals surface area (Å²) in [6.45, 7) is 1.90. The third kappa shape index (κ3) is 6.55. The maximum Gasteiger partial charge on any atom is 0.433 e. The van der Waals surface area contributed by atoms with Crippen LogP contribution in [0.15, 0.2) is 66.9 Å². The highest BCUT2D eigenvalue weighted by molar-refractivity contribution is 6.31. The van der Waals surface area contributed by atoms with Gasteiger partial charge < -0.3 is 5.32 Å². The van der Waals surface area contributed by atoms with Crippen molar-refractivity contribution < 1.29 is 18.0 Å². The Hall–Kier alpha value is -2.90. The Kier molecular flexibility index (Phi) is 8.10. The van der Waals surface area contributed by atoms with Crippen molar-refractivity contribution in [2.45, 2.75) is 38.0 Å². The molecule has 0 aliphatic carbocycles. The molecular formula is C25H25ClF3N3O. The summed E-state index contributed by atoms with van der Waals surface area (Å²) in [6.07, 6.45) is -2.25. The second-order valence-corrected chi connectivity index (χ2v) is 8.18. The Morgan fingerprint density at radius 3 is 2.36 bits per heavy atom. The average Bonchev–Trinajstić information content (AvgIpc) is 2.81. The maximum absolute atomic E-state index is 12.8. The summed E-state index contributed by atoms with van der Waals surface area (Å²) in [5.74, 6) is -0.194. The van der Waals surface area contributed by atoms with Crippen molar-refractivity contribution in [1.29, 1.82) is 0 Å². The first-order valence-corrected chi connectivity index (χ1v) is 10.9. The van der Waals surface area contributed by atoms with Crippen LogP contribution in [0.2, 0.25) is 5.02 Å². The second kappa shape index (κ2) is 10.8. The van der Waals surface area contributed by atoms with Crippen molar-refractivity contribution in [1.82, 2.24) is 15.6 Å². The number of aryl methyl sites for hydroxylation is 2. The van der Waals surface area contributed by atoms with Crippen molar-refractivity contribution >= 4 is 17.5 Å². The Morgan fingerprint density at radius 2 is 1.79 bits per heavy atom. The lowest BCUT2D eigenvalue weighted by atomic mass is 9.96. The van der Waals surface area contributed by atoms with Gasteiger partial charge in [-0.3, -0.25) is 15.1 Å². The van der Waals surface area contributed by atoms with Crippen molar-refractivity contribution in [3.8, 4) is 0 Å². The zero-order valence-electron chi connectivity index (χ0n) is 18.3. The lowest BCUT2D eigenvalue weighted by Crippen LogP contribution is -2.38. The molecule has 1 amide bonds. The molecule has 0 saturated heterocycles. The summed E-state index contributed by atoms with van der Waals surface area (Å²) in [5, 5.41) is 6.71. The van der Waals surface area contributed by atoms with Gasteiger partial charge in [-0.15, -0.1) is 0 Å². The van der Waals surface area contributed by atoms with Gasteiger partial charge in [-0.1, -0.05) is 60.1 Å². The van der Waals surface area contributed by atoms with Crippen LogP contribution in [0.4, 0.5) is 13.2 Å². The molecule has 8 heteroatoms. The van der Waals surface area contributed by atoms with Crippen LogP contribution in [0.5, 0.6) is 0 Å². The number of aromatic nitrogens is 1. The van der Waals surface area contributed by atoms with E-state index in [1.165, 1.54) is 12.3 Å². The standard InChI is InChI=1S/C25H25ClF3N3O/c1-16-8-11-19(14-20(16)26)21(12-9-17-10-13-22(31-15-17)25(27,28)29)32-23(24(33)30-2)18-6-4-3-5-7-18/h3-8,10-11,13-15,21,23,32H,9,12H2,1-2H3,(H,30,33)/t21-,23-/m0/s1. The third-order valence-corrected chi connectivity index (χ3v) is 5.85. The minimum absolute atomic E-state index is 0.194. The zero-order chi connectivity index (χ0) is 24.0. The van der Waals surface area contributed by atoms with Gasteiger partial charge in [0.2, 0.25) is 5.91 Å². The fourth-order valence-electron chi connectivity index (χ4n) is 3.54. The Bertz CT molecular complexity index is 1070. The SMILES string of the molecule is CNC(=O)[C@@H](N[C@@H](CCc1ccc(C(F)(F)F)nc1)c1ccc(C)c(Cl)c1)c1ccccc1. The van der Waals surface area contributed by atoms with E-state index >= 15 is 0 Å². The summed E-state index contributed by atoms with van der Waals surface area (Å²) in [6, 6.07) is 16.5. The number of amides is 1. The lowest BCUT2D eigenvalue weighted by molar-refractivity contribution is -0.141.